The van der Waals surface area contributed by atoms with Crippen LogP contribution in [0.1, 0.15) is 43.0 Å². The number of carbonyl (C=O) groups is 1. The van der Waals surface area contributed by atoms with Crippen LogP contribution in [0.25, 0.3) is 0 Å². The van der Waals surface area contributed by atoms with Crippen molar-refractivity contribution in [3.8, 4) is 0 Å². The van der Waals surface area contributed by atoms with E-state index in [-0.39, 0.29) is 5.97 Å². The molecule has 23 heavy (non-hydrogen) atoms. The zero-order valence-corrected chi connectivity index (χ0v) is 14.8. The minimum absolute atomic E-state index is 0.247. The smallest absolute Gasteiger partial charge is 0.316 e. The van der Waals surface area contributed by atoms with Gasteiger partial charge in [-0.2, -0.15) is 0 Å². The fourth-order valence-corrected chi connectivity index (χ4v) is 3.03. The summed E-state index contributed by atoms with van der Waals surface area (Å²) in [7, 11) is 1.63. The van der Waals surface area contributed by atoms with Gasteiger partial charge in [-0.1, -0.05) is 24.3 Å². The maximum atomic E-state index is 12.6. The van der Waals surface area contributed by atoms with Crippen LogP contribution in [0.4, 0.5) is 0 Å². The Hall–Kier alpha value is -1.72. The van der Waals surface area contributed by atoms with Crippen molar-refractivity contribution in [2.24, 2.45) is 0 Å². The fourth-order valence-electron chi connectivity index (χ4n) is 2.13. The molecule has 0 aliphatic heterocycles. The Morgan fingerprint density at radius 2 is 2.04 bits per heavy atom. The van der Waals surface area contributed by atoms with Gasteiger partial charge >= 0.3 is 5.97 Å². The van der Waals surface area contributed by atoms with Gasteiger partial charge in [0.2, 0.25) is 0 Å². The number of aromatic nitrogens is 1. The summed E-state index contributed by atoms with van der Waals surface area (Å²) >= 11 is 1.47. The van der Waals surface area contributed by atoms with Gasteiger partial charge in [0.15, 0.2) is 0 Å². The second-order valence-electron chi connectivity index (χ2n) is 6.31. The molecule has 0 bridgehead atoms. The van der Waals surface area contributed by atoms with Crippen molar-refractivity contribution in [1.82, 2.24) is 4.98 Å². The van der Waals surface area contributed by atoms with E-state index in [2.05, 4.69) is 11.1 Å². The number of benzene rings is 1. The first-order valence-corrected chi connectivity index (χ1v) is 8.38. The molecule has 2 rings (SSSR count). The molecular formula is C18H22NO3S. The molecule has 0 fully saturated rings. The average Bonchev–Trinajstić information content (AvgIpc) is 2.92. The van der Waals surface area contributed by atoms with Crippen molar-refractivity contribution in [3.63, 3.8) is 0 Å². The summed E-state index contributed by atoms with van der Waals surface area (Å²) in [6, 6.07) is 10.6. The van der Waals surface area contributed by atoms with Gasteiger partial charge in [-0.05, 0) is 38.8 Å². The van der Waals surface area contributed by atoms with Gasteiger partial charge in [-0.25, -0.2) is 4.98 Å². The second kappa shape index (κ2) is 7.70. The summed E-state index contributed by atoms with van der Waals surface area (Å²) in [6.45, 7) is 6.06. The molecule has 2 aromatic rings. The van der Waals surface area contributed by atoms with Crippen molar-refractivity contribution in [3.05, 3.63) is 52.0 Å². The van der Waals surface area contributed by atoms with Gasteiger partial charge in [-0.3, -0.25) is 4.79 Å². The van der Waals surface area contributed by atoms with Gasteiger partial charge < -0.3 is 9.47 Å². The molecular weight excluding hydrogens is 310 g/mol. The van der Waals surface area contributed by atoms with E-state index in [1.165, 1.54) is 11.3 Å². The number of nitrogens with zero attached hydrogens (tertiary/aromatic N) is 1. The Bertz CT molecular complexity index is 631. The Morgan fingerprint density at radius 1 is 1.35 bits per heavy atom. The molecule has 0 N–H and O–H groups in total. The molecule has 0 aliphatic carbocycles. The van der Waals surface area contributed by atoms with E-state index < -0.39 is 11.5 Å². The highest BCUT2D eigenvalue weighted by Gasteiger charge is 2.29. The first kappa shape index (κ1) is 17.6. The van der Waals surface area contributed by atoms with Crippen LogP contribution >= 0.6 is 11.3 Å². The van der Waals surface area contributed by atoms with E-state index in [9.17, 15) is 4.79 Å². The lowest BCUT2D eigenvalue weighted by molar-refractivity contribution is -0.156. The maximum absolute atomic E-state index is 12.6. The number of methoxy groups -OCH3 is 1. The van der Waals surface area contributed by atoms with Crippen LogP contribution < -0.4 is 0 Å². The van der Waals surface area contributed by atoms with Crippen LogP contribution in [0.2, 0.25) is 0 Å². The highest BCUT2D eigenvalue weighted by molar-refractivity contribution is 7.09. The van der Waals surface area contributed by atoms with Crippen molar-refractivity contribution in [2.75, 3.05) is 7.11 Å². The third-order valence-electron chi connectivity index (χ3n) is 3.08. The van der Waals surface area contributed by atoms with Crippen LogP contribution in [0.5, 0.6) is 0 Å². The van der Waals surface area contributed by atoms with Gasteiger partial charge in [0.1, 0.15) is 16.5 Å². The average molecular weight is 332 g/mol. The van der Waals surface area contributed by atoms with E-state index in [1.807, 2.05) is 50.4 Å². The lowest BCUT2D eigenvalue weighted by atomic mass is 9.99. The first-order chi connectivity index (χ1) is 10.9. The summed E-state index contributed by atoms with van der Waals surface area (Å²) in [4.78, 5) is 17.2. The van der Waals surface area contributed by atoms with Crippen LogP contribution in [0, 0.1) is 6.07 Å². The number of carbonyl (C=O) groups excluding carboxylic acids is 1. The van der Waals surface area contributed by atoms with E-state index in [1.54, 1.807) is 7.11 Å². The molecule has 1 aromatic carbocycles. The highest BCUT2D eigenvalue weighted by atomic mass is 32.1. The third kappa shape index (κ3) is 5.44. The number of esters is 1. The molecule has 1 heterocycles. The predicted molar refractivity (Wildman–Crippen MR) is 90.4 cm³/mol. The number of rotatable bonds is 6. The molecule has 1 radical (unpaired) electrons. The molecule has 5 heteroatoms. The Labute approximate surface area is 141 Å². The number of hydrogen-bond acceptors (Lipinski definition) is 5. The Balaban J connectivity index is 2.24. The van der Waals surface area contributed by atoms with Gasteiger partial charge in [-0.15, -0.1) is 11.3 Å². The lowest BCUT2D eigenvalue weighted by Crippen LogP contribution is -2.28. The number of hydrogen-bond donors (Lipinski definition) is 0. The molecule has 0 saturated carbocycles. The Kier molecular flexibility index (Phi) is 5.91. The Morgan fingerprint density at radius 3 is 2.65 bits per heavy atom. The zero-order valence-electron chi connectivity index (χ0n) is 14.0. The van der Waals surface area contributed by atoms with Crippen molar-refractivity contribution in [1.29, 1.82) is 0 Å². The number of ether oxygens (including phenoxy) is 2. The van der Waals surface area contributed by atoms with Crippen LogP contribution in [-0.2, 0) is 27.3 Å². The standard InChI is InChI=1S/C18H22NO3S/c1-18(2,3)22-17(20)15(10-13-8-6-5-7-9-13)16-19-14(11-21-4)12-23-16/h6-9,12,15H,10-11H2,1-4H3. The SMILES string of the molecule is COCc1csc(C(Cc2cc[c]cc2)C(=O)OC(C)(C)C)n1. The second-order valence-corrected chi connectivity index (χ2v) is 7.20. The van der Waals surface area contributed by atoms with Crippen molar-refractivity contribution >= 4 is 17.3 Å². The highest BCUT2D eigenvalue weighted by Crippen LogP contribution is 2.27. The van der Waals surface area contributed by atoms with Crippen molar-refractivity contribution < 1.29 is 14.3 Å². The lowest BCUT2D eigenvalue weighted by Gasteiger charge is -2.23. The van der Waals surface area contributed by atoms with Gasteiger partial charge in [0, 0.05) is 12.5 Å². The van der Waals surface area contributed by atoms with Gasteiger partial charge in [0.25, 0.3) is 0 Å². The molecule has 4 nitrogen and oxygen atoms in total. The topological polar surface area (TPSA) is 48.4 Å². The summed E-state index contributed by atoms with van der Waals surface area (Å²) < 4.78 is 10.7. The maximum Gasteiger partial charge on any atom is 0.316 e. The summed E-state index contributed by atoms with van der Waals surface area (Å²) in [5, 5.41) is 2.69. The van der Waals surface area contributed by atoms with Gasteiger partial charge in [0.05, 0.1) is 12.3 Å². The molecule has 1 atom stereocenters. The summed E-state index contributed by atoms with van der Waals surface area (Å²) in [5.74, 6) is -0.657. The molecule has 123 valence electrons. The summed E-state index contributed by atoms with van der Waals surface area (Å²) in [6.07, 6.45) is 0.559. The molecule has 0 aliphatic rings. The largest absolute Gasteiger partial charge is 0.459 e. The predicted octanol–water partition coefficient (Wildman–Crippen LogP) is 3.76. The molecule has 0 spiro atoms. The van der Waals surface area contributed by atoms with Crippen LogP contribution in [-0.4, -0.2) is 23.7 Å². The molecule has 0 saturated heterocycles. The summed E-state index contributed by atoms with van der Waals surface area (Å²) in [5.41, 5.74) is 1.37. The van der Waals surface area contributed by atoms with Crippen molar-refractivity contribution in [2.45, 2.75) is 45.3 Å². The first-order valence-electron chi connectivity index (χ1n) is 7.50. The zero-order chi connectivity index (χ0) is 16.9. The van der Waals surface area contributed by atoms with E-state index >= 15 is 0 Å². The normalized spacial score (nSPS) is 12.9. The van der Waals surface area contributed by atoms with E-state index in [0.717, 1.165) is 16.3 Å². The van der Waals surface area contributed by atoms with E-state index in [0.29, 0.717) is 13.0 Å². The quantitative estimate of drug-likeness (QED) is 0.756. The monoisotopic (exact) mass is 332 g/mol. The molecule has 1 unspecified atom stereocenters. The molecule has 1 aromatic heterocycles. The molecule has 0 amide bonds. The van der Waals surface area contributed by atoms with Crippen LogP contribution in [0.15, 0.2) is 29.6 Å². The number of thiazole rings is 1. The van der Waals surface area contributed by atoms with E-state index in [4.69, 9.17) is 9.47 Å². The fraction of sp³-hybridized carbons (Fsp3) is 0.444. The van der Waals surface area contributed by atoms with Crippen LogP contribution in [0.3, 0.4) is 0 Å². The minimum Gasteiger partial charge on any atom is -0.459 e. The minimum atomic E-state index is -0.521. The third-order valence-corrected chi connectivity index (χ3v) is 4.09.